The topological polar surface area (TPSA) is 46.5 Å². The van der Waals surface area contributed by atoms with E-state index in [0.29, 0.717) is 12.4 Å². The van der Waals surface area contributed by atoms with E-state index in [-0.39, 0.29) is 11.4 Å². The lowest BCUT2D eigenvalue weighted by Crippen LogP contribution is -1.99. The molecule has 0 heterocycles. The lowest BCUT2D eigenvalue weighted by atomic mass is 10.00. The van der Waals surface area contributed by atoms with Gasteiger partial charge in [-0.1, -0.05) is 76.1 Å². The van der Waals surface area contributed by atoms with E-state index in [1.54, 1.807) is 24.3 Å². The molecule has 0 saturated carbocycles. The highest BCUT2D eigenvalue weighted by molar-refractivity contribution is 5.95. The van der Waals surface area contributed by atoms with Crippen LogP contribution in [0.3, 0.4) is 0 Å². The maximum Gasteiger partial charge on any atom is 0.335 e. The molecule has 0 amide bonds. The lowest BCUT2D eigenvalue weighted by molar-refractivity contribution is 0.0697. The molecule has 164 valence electrons. The zero-order chi connectivity index (χ0) is 22.1. The van der Waals surface area contributed by atoms with Gasteiger partial charge in [0.05, 0.1) is 12.2 Å². The second-order valence-corrected chi connectivity index (χ2v) is 8.05. The molecule has 0 aliphatic carbocycles. The summed E-state index contributed by atoms with van der Waals surface area (Å²) >= 11 is 0. The Bertz CT molecular complexity index is 1010. The summed E-state index contributed by atoms with van der Waals surface area (Å²) in [6, 6.07) is 15.7. The Morgan fingerprint density at radius 3 is 2.13 bits per heavy atom. The molecule has 1 N–H and O–H groups in total. The summed E-state index contributed by atoms with van der Waals surface area (Å²) in [6.45, 7) is 2.76. The number of aromatic carboxylic acids is 1. The first kappa shape index (κ1) is 22.8. The molecule has 3 aromatic rings. The third-order valence-electron chi connectivity index (χ3n) is 5.61. The third-order valence-corrected chi connectivity index (χ3v) is 5.61. The predicted molar refractivity (Wildman–Crippen MR) is 124 cm³/mol. The summed E-state index contributed by atoms with van der Waals surface area (Å²) in [6.07, 6.45) is 9.77. The van der Waals surface area contributed by atoms with Gasteiger partial charge < -0.3 is 9.84 Å². The molecule has 0 radical (unpaired) electrons. The molecule has 0 aliphatic heterocycles. The highest BCUT2D eigenvalue weighted by Crippen LogP contribution is 2.29. The molecule has 31 heavy (non-hydrogen) atoms. The minimum atomic E-state index is -0.949. The first-order chi connectivity index (χ1) is 15.1. The van der Waals surface area contributed by atoms with E-state index in [2.05, 4.69) is 6.92 Å². The number of hydrogen-bond donors (Lipinski definition) is 1. The van der Waals surface area contributed by atoms with Crippen LogP contribution in [-0.4, -0.2) is 17.7 Å². The first-order valence-corrected chi connectivity index (χ1v) is 11.3. The Kier molecular flexibility index (Phi) is 8.45. The number of fused-ring (bicyclic) bond motifs is 1. The quantitative estimate of drug-likeness (QED) is 0.302. The van der Waals surface area contributed by atoms with Crippen LogP contribution in [-0.2, 0) is 0 Å². The van der Waals surface area contributed by atoms with Gasteiger partial charge in [-0.25, -0.2) is 9.18 Å². The standard InChI is InChI=1S/C27H31FO3/c1-2-3-4-5-6-7-8-9-16-31-26-15-14-23(19-25(26)28)21-10-11-22-18-24(27(29)30)13-12-20(22)17-21/h10-15,17-19H,2-9,16H2,1H3,(H,29,30). The van der Waals surface area contributed by atoms with Crippen LogP contribution in [0.1, 0.15) is 68.6 Å². The van der Waals surface area contributed by atoms with Crippen LogP contribution in [0.5, 0.6) is 5.75 Å². The molecule has 4 heteroatoms. The first-order valence-electron chi connectivity index (χ1n) is 11.3. The number of hydrogen-bond acceptors (Lipinski definition) is 2. The molecule has 0 aliphatic rings. The molecule has 0 unspecified atom stereocenters. The number of ether oxygens (including phenoxy) is 1. The second-order valence-electron chi connectivity index (χ2n) is 8.05. The van der Waals surface area contributed by atoms with Crippen LogP contribution in [0.4, 0.5) is 4.39 Å². The molecule has 3 nitrogen and oxygen atoms in total. The average Bonchev–Trinajstić information content (AvgIpc) is 2.78. The largest absolute Gasteiger partial charge is 0.491 e. The van der Waals surface area contributed by atoms with Crippen LogP contribution in [0, 0.1) is 5.82 Å². The SMILES string of the molecule is CCCCCCCCCCOc1ccc(-c2ccc3cc(C(=O)O)ccc3c2)cc1F. The lowest BCUT2D eigenvalue weighted by Gasteiger charge is -2.10. The fourth-order valence-electron chi connectivity index (χ4n) is 3.77. The minimum absolute atomic E-state index is 0.254. The molecule has 0 saturated heterocycles. The Labute approximate surface area is 183 Å². The average molecular weight is 423 g/mol. The number of unbranched alkanes of at least 4 members (excludes halogenated alkanes) is 7. The van der Waals surface area contributed by atoms with Gasteiger partial charge in [-0.2, -0.15) is 0 Å². The van der Waals surface area contributed by atoms with Crippen molar-refractivity contribution in [2.45, 2.75) is 58.3 Å². The number of benzene rings is 3. The summed E-state index contributed by atoms with van der Waals surface area (Å²) in [5.74, 6) is -1.02. The van der Waals surface area contributed by atoms with Gasteiger partial charge in [-0.15, -0.1) is 0 Å². The van der Waals surface area contributed by atoms with E-state index in [0.717, 1.165) is 34.7 Å². The predicted octanol–water partition coefficient (Wildman–Crippen LogP) is 7.86. The van der Waals surface area contributed by atoms with Gasteiger partial charge in [-0.3, -0.25) is 0 Å². The van der Waals surface area contributed by atoms with Gasteiger partial charge in [0.1, 0.15) is 0 Å². The van der Waals surface area contributed by atoms with E-state index in [9.17, 15) is 9.18 Å². The molecule has 0 aromatic heterocycles. The zero-order valence-corrected chi connectivity index (χ0v) is 18.2. The Balaban J connectivity index is 1.54. The van der Waals surface area contributed by atoms with Gasteiger partial charge in [0.15, 0.2) is 11.6 Å². The summed E-state index contributed by atoms with van der Waals surface area (Å²) in [5, 5.41) is 10.9. The second kappa shape index (κ2) is 11.5. The zero-order valence-electron chi connectivity index (χ0n) is 18.2. The number of rotatable bonds is 12. The van der Waals surface area contributed by atoms with Crippen molar-refractivity contribution < 1.29 is 19.0 Å². The van der Waals surface area contributed by atoms with Gasteiger partial charge in [0.25, 0.3) is 0 Å². The van der Waals surface area contributed by atoms with E-state index in [1.807, 2.05) is 24.3 Å². The van der Waals surface area contributed by atoms with Crippen molar-refractivity contribution in [3.63, 3.8) is 0 Å². The van der Waals surface area contributed by atoms with Crippen molar-refractivity contribution in [3.8, 4) is 16.9 Å². The van der Waals surface area contributed by atoms with E-state index in [1.165, 1.54) is 44.6 Å². The normalized spacial score (nSPS) is 11.0. The van der Waals surface area contributed by atoms with Gasteiger partial charge >= 0.3 is 5.97 Å². The summed E-state index contributed by atoms with van der Waals surface area (Å²) in [5.41, 5.74) is 1.90. The van der Waals surface area contributed by atoms with Gasteiger partial charge in [0.2, 0.25) is 0 Å². The number of carbonyl (C=O) groups is 1. The molecule has 0 bridgehead atoms. The Morgan fingerprint density at radius 2 is 1.42 bits per heavy atom. The van der Waals surface area contributed by atoms with Crippen LogP contribution < -0.4 is 4.74 Å². The monoisotopic (exact) mass is 422 g/mol. The molecule has 0 spiro atoms. The minimum Gasteiger partial charge on any atom is -0.491 e. The molecular weight excluding hydrogens is 391 g/mol. The van der Waals surface area contributed by atoms with Crippen LogP contribution in [0.15, 0.2) is 54.6 Å². The van der Waals surface area contributed by atoms with Crippen molar-refractivity contribution in [2.75, 3.05) is 6.61 Å². The fourth-order valence-corrected chi connectivity index (χ4v) is 3.77. The number of carboxylic acids is 1. The maximum absolute atomic E-state index is 14.5. The molecule has 3 rings (SSSR count). The van der Waals surface area contributed by atoms with E-state index < -0.39 is 5.97 Å². The molecule has 0 fully saturated rings. The Morgan fingerprint density at radius 1 is 0.806 bits per heavy atom. The van der Waals surface area contributed by atoms with Crippen molar-refractivity contribution >= 4 is 16.7 Å². The molecular formula is C27H31FO3. The third kappa shape index (κ3) is 6.55. The molecule has 3 aromatic carbocycles. The van der Waals surface area contributed by atoms with Crippen molar-refractivity contribution in [3.05, 3.63) is 66.0 Å². The summed E-state index contributed by atoms with van der Waals surface area (Å²) in [7, 11) is 0. The van der Waals surface area contributed by atoms with Crippen molar-refractivity contribution in [1.29, 1.82) is 0 Å². The Hall–Kier alpha value is -2.88. The highest BCUT2D eigenvalue weighted by atomic mass is 19.1. The van der Waals surface area contributed by atoms with Crippen LogP contribution >= 0.6 is 0 Å². The van der Waals surface area contributed by atoms with Gasteiger partial charge in [-0.05, 0) is 58.7 Å². The highest BCUT2D eigenvalue weighted by Gasteiger charge is 2.08. The van der Waals surface area contributed by atoms with Gasteiger partial charge in [0, 0.05) is 0 Å². The molecule has 0 atom stereocenters. The van der Waals surface area contributed by atoms with E-state index in [4.69, 9.17) is 9.84 Å². The van der Waals surface area contributed by atoms with Crippen molar-refractivity contribution in [1.82, 2.24) is 0 Å². The number of halogens is 1. The van der Waals surface area contributed by atoms with Crippen molar-refractivity contribution in [2.24, 2.45) is 0 Å². The summed E-state index contributed by atoms with van der Waals surface area (Å²) < 4.78 is 20.2. The number of carboxylic acid groups (broad SMARTS) is 1. The fraction of sp³-hybridized carbons (Fsp3) is 0.370. The maximum atomic E-state index is 14.5. The van der Waals surface area contributed by atoms with Crippen LogP contribution in [0.25, 0.3) is 21.9 Å². The smallest absolute Gasteiger partial charge is 0.335 e. The van der Waals surface area contributed by atoms with Crippen LogP contribution in [0.2, 0.25) is 0 Å². The van der Waals surface area contributed by atoms with E-state index >= 15 is 0 Å². The summed E-state index contributed by atoms with van der Waals surface area (Å²) in [4.78, 5) is 11.1.